The Balaban J connectivity index is 2.64. The van der Waals surface area contributed by atoms with Crippen LogP contribution in [0.3, 0.4) is 0 Å². The second kappa shape index (κ2) is 5.74. The van der Waals surface area contributed by atoms with Gasteiger partial charge in [0.25, 0.3) is 0 Å². The first kappa shape index (κ1) is 14.3. The average molecular weight is 273 g/mol. The second-order valence-electron chi connectivity index (χ2n) is 4.79. The minimum atomic E-state index is -0.222. The van der Waals surface area contributed by atoms with E-state index in [-0.39, 0.29) is 16.7 Å². The Hall–Kier alpha value is -0.740. The van der Waals surface area contributed by atoms with Crippen LogP contribution in [0.25, 0.3) is 0 Å². The number of carbonyl (C=O) groups excluding carboxylic acids is 1. The summed E-state index contributed by atoms with van der Waals surface area (Å²) >= 11 is 7.35. The number of thioether (sulfide) groups is 1. The van der Waals surface area contributed by atoms with Crippen molar-refractivity contribution in [3.05, 3.63) is 23.4 Å². The van der Waals surface area contributed by atoms with Crippen molar-refractivity contribution in [2.45, 2.75) is 43.5 Å². The summed E-state index contributed by atoms with van der Waals surface area (Å²) in [6.45, 7) is 7.71. The fourth-order valence-corrected chi connectivity index (χ4v) is 2.21. The maximum Gasteiger partial charge on any atom is 0.233 e. The van der Waals surface area contributed by atoms with Crippen molar-refractivity contribution in [3.63, 3.8) is 0 Å². The Kier molecular flexibility index (Phi) is 4.83. The molecular formula is C12H17ClN2OS. The molecule has 5 heteroatoms. The van der Waals surface area contributed by atoms with Crippen molar-refractivity contribution in [2.75, 3.05) is 0 Å². The van der Waals surface area contributed by atoms with Gasteiger partial charge in [0, 0.05) is 11.7 Å². The van der Waals surface area contributed by atoms with E-state index < -0.39 is 0 Å². The molecule has 1 N–H and O–H groups in total. The van der Waals surface area contributed by atoms with Crippen molar-refractivity contribution in [2.24, 2.45) is 0 Å². The summed E-state index contributed by atoms with van der Waals surface area (Å²) in [7, 11) is 0. The molecule has 94 valence electrons. The largest absolute Gasteiger partial charge is 0.351 e. The number of carbonyl (C=O) groups is 1. The molecule has 0 aliphatic heterocycles. The molecule has 3 nitrogen and oxygen atoms in total. The van der Waals surface area contributed by atoms with Gasteiger partial charge in [-0.15, -0.1) is 0 Å². The fourth-order valence-electron chi connectivity index (χ4n) is 1.15. The molecule has 1 unspecified atom stereocenters. The minimum Gasteiger partial charge on any atom is -0.351 e. The molecule has 0 bridgehead atoms. The molecule has 0 aliphatic carbocycles. The number of hydrogen-bond donors (Lipinski definition) is 1. The SMILES string of the molecule is CC(Sc1ncccc1Cl)C(=O)NC(C)(C)C. The van der Waals surface area contributed by atoms with Crippen LogP contribution in [0, 0.1) is 0 Å². The van der Waals surface area contributed by atoms with Crippen molar-refractivity contribution in [1.29, 1.82) is 0 Å². The van der Waals surface area contributed by atoms with Gasteiger partial charge in [0.05, 0.1) is 10.3 Å². The predicted octanol–water partition coefficient (Wildman–Crippen LogP) is 3.13. The zero-order valence-electron chi connectivity index (χ0n) is 10.5. The summed E-state index contributed by atoms with van der Waals surface area (Å²) in [4.78, 5) is 16.0. The van der Waals surface area contributed by atoms with Crippen LogP contribution in [-0.2, 0) is 4.79 Å². The highest BCUT2D eigenvalue weighted by Gasteiger charge is 2.21. The van der Waals surface area contributed by atoms with Crippen molar-refractivity contribution in [3.8, 4) is 0 Å². The minimum absolute atomic E-state index is 0.00998. The highest BCUT2D eigenvalue weighted by atomic mass is 35.5. The molecular weight excluding hydrogens is 256 g/mol. The summed E-state index contributed by atoms with van der Waals surface area (Å²) in [5.41, 5.74) is -0.222. The summed E-state index contributed by atoms with van der Waals surface area (Å²) in [5.74, 6) is -0.00998. The Morgan fingerprint density at radius 1 is 1.53 bits per heavy atom. The van der Waals surface area contributed by atoms with Gasteiger partial charge in [0.15, 0.2) is 0 Å². The van der Waals surface area contributed by atoms with Gasteiger partial charge in [-0.3, -0.25) is 4.79 Å². The van der Waals surface area contributed by atoms with E-state index in [9.17, 15) is 4.79 Å². The summed E-state index contributed by atoms with van der Waals surface area (Å²) < 4.78 is 0. The molecule has 0 aliphatic rings. The van der Waals surface area contributed by atoms with Gasteiger partial charge in [-0.2, -0.15) is 0 Å². The van der Waals surface area contributed by atoms with Gasteiger partial charge in [0.2, 0.25) is 5.91 Å². The molecule has 0 aromatic carbocycles. The van der Waals surface area contributed by atoms with Crippen LogP contribution in [0.15, 0.2) is 23.4 Å². The molecule has 1 aromatic heterocycles. The number of pyridine rings is 1. The van der Waals surface area contributed by atoms with Gasteiger partial charge in [-0.05, 0) is 39.8 Å². The van der Waals surface area contributed by atoms with E-state index in [4.69, 9.17) is 11.6 Å². The summed E-state index contributed by atoms with van der Waals surface area (Å²) in [6, 6.07) is 3.54. The quantitative estimate of drug-likeness (QED) is 0.860. The van der Waals surface area contributed by atoms with Gasteiger partial charge in [0.1, 0.15) is 5.03 Å². The first-order valence-electron chi connectivity index (χ1n) is 5.39. The van der Waals surface area contributed by atoms with Crippen LogP contribution < -0.4 is 5.32 Å². The maximum atomic E-state index is 11.9. The lowest BCUT2D eigenvalue weighted by Gasteiger charge is -2.22. The molecule has 1 aromatic rings. The molecule has 0 saturated carbocycles. The molecule has 0 saturated heterocycles. The number of rotatable bonds is 3. The average Bonchev–Trinajstić information content (AvgIpc) is 2.18. The number of nitrogens with one attached hydrogen (secondary N) is 1. The normalized spacial score (nSPS) is 13.2. The number of aromatic nitrogens is 1. The second-order valence-corrected chi connectivity index (χ2v) is 6.53. The van der Waals surface area contributed by atoms with Crippen LogP contribution in [-0.4, -0.2) is 21.7 Å². The lowest BCUT2D eigenvalue weighted by Crippen LogP contribution is -2.44. The third-order valence-corrected chi connectivity index (χ3v) is 3.41. The number of hydrogen-bond acceptors (Lipinski definition) is 3. The predicted molar refractivity (Wildman–Crippen MR) is 72.5 cm³/mol. The van der Waals surface area contributed by atoms with Gasteiger partial charge < -0.3 is 5.32 Å². The molecule has 1 rings (SSSR count). The third kappa shape index (κ3) is 4.96. The molecule has 1 amide bonds. The smallest absolute Gasteiger partial charge is 0.233 e. The molecule has 17 heavy (non-hydrogen) atoms. The molecule has 0 fully saturated rings. The Morgan fingerprint density at radius 2 is 2.18 bits per heavy atom. The van der Waals surface area contributed by atoms with Crippen LogP contribution >= 0.6 is 23.4 Å². The van der Waals surface area contributed by atoms with Crippen LogP contribution in [0.1, 0.15) is 27.7 Å². The Bertz CT molecular complexity index is 404. The first-order valence-corrected chi connectivity index (χ1v) is 6.64. The Labute approximate surface area is 111 Å². The topological polar surface area (TPSA) is 42.0 Å². The van der Waals surface area contributed by atoms with E-state index in [1.54, 1.807) is 18.3 Å². The van der Waals surface area contributed by atoms with Crippen molar-refractivity contribution in [1.82, 2.24) is 10.3 Å². The third-order valence-electron chi connectivity index (χ3n) is 1.88. The van der Waals surface area contributed by atoms with Gasteiger partial charge in [-0.1, -0.05) is 23.4 Å². The number of amides is 1. The van der Waals surface area contributed by atoms with E-state index in [0.717, 1.165) is 0 Å². The molecule has 1 heterocycles. The number of nitrogens with zero attached hydrogens (tertiary/aromatic N) is 1. The van der Waals surface area contributed by atoms with Gasteiger partial charge >= 0.3 is 0 Å². The van der Waals surface area contributed by atoms with Gasteiger partial charge in [-0.25, -0.2) is 4.98 Å². The summed E-state index contributed by atoms with van der Waals surface area (Å²) in [5, 5.41) is 3.97. The standard InChI is InChI=1S/C12H17ClN2OS/c1-8(10(16)15-12(2,3)4)17-11-9(13)6-5-7-14-11/h5-8H,1-4H3,(H,15,16). The Morgan fingerprint density at radius 3 is 2.71 bits per heavy atom. The van der Waals surface area contributed by atoms with E-state index in [2.05, 4.69) is 10.3 Å². The van der Waals surface area contributed by atoms with E-state index in [1.807, 2.05) is 27.7 Å². The van der Waals surface area contributed by atoms with Crippen molar-refractivity contribution < 1.29 is 4.79 Å². The van der Waals surface area contributed by atoms with Crippen LogP contribution in [0.4, 0.5) is 0 Å². The van der Waals surface area contributed by atoms with E-state index in [0.29, 0.717) is 10.0 Å². The van der Waals surface area contributed by atoms with Crippen LogP contribution in [0.2, 0.25) is 5.02 Å². The zero-order chi connectivity index (χ0) is 13.1. The highest BCUT2D eigenvalue weighted by molar-refractivity contribution is 8.00. The summed E-state index contributed by atoms with van der Waals surface area (Å²) in [6.07, 6.45) is 1.67. The van der Waals surface area contributed by atoms with E-state index in [1.165, 1.54) is 11.8 Å². The first-order chi connectivity index (χ1) is 7.79. The fraction of sp³-hybridized carbons (Fsp3) is 0.500. The van der Waals surface area contributed by atoms with Crippen LogP contribution in [0.5, 0.6) is 0 Å². The van der Waals surface area contributed by atoms with Crippen molar-refractivity contribution >= 4 is 29.3 Å². The number of halogens is 1. The lowest BCUT2D eigenvalue weighted by molar-refractivity contribution is -0.121. The monoisotopic (exact) mass is 272 g/mol. The molecule has 0 radical (unpaired) electrons. The highest BCUT2D eigenvalue weighted by Crippen LogP contribution is 2.28. The zero-order valence-corrected chi connectivity index (χ0v) is 12.0. The molecule has 0 spiro atoms. The molecule has 1 atom stereocenters. The lowest BCUT2D eigenvalue weighted by atomic mass is 10.1. The maximum absolute atomic E-state index is 11.9. The van der Waals surface area contributed by atoms with E-state index >= 15 is 0 Å².